The molecule has 1 N–H and O–H groups in total. The number of rotatable bonds is 5. The second kappa shape index (κ2) is 6.08. The van der Waals surface area contributed by atoms with Gasteiger partial charge in [-0.1, -0.05) is 11.6 Å². The van der Waals surface area contributed by atoms with E-state index in [4.69, 9.17) is 16.3 Å². The second-order valence-electron chi connectivity index (χ2n) is 4.44. The second-order valence-corrected chi connectivity index (χ2v) is 4.87. The summed E-state index contributed by atoms with van der Waals surface area (Å²) < 4.78 is 7.22. The van der Waals surface area contributed by atoms with Crippen LogP contribution < -0.4 is 10.1 Å². The minimum absolute atomic E-state index is 0.142. The van der Waals surface area contributed by atoms with Crippen LogP contribution in [0.25, 0.3) is 0 Å². The number of nitrogens with one attached hydrogen (secondary N) is 1. The van der Waals surface area contributed by atoms with Crippen molar-refractivity contribution < 1.29 is 4.74 Å². The van der Waals surface area contributed by atoms with Gasteiger partial charge in [0, 0.05) is 36.4 Å². The summed E-state index contributed by atoms with van der Waals surface area (Å²) in [6.45, 7) is 2.83. The van der Waals surface area contributed by atoms with Gasteiger partial charge in [0.1, 0.15) is 5.75 Å². The molecule has 1 heterocycles. The monoisotopic (exact) mass is 279 g/mol. The van der Waals surface area contributed by atoms with E-state index in [0.717, 1.165) is 23.6 Å². The van der Waals surface area contributed by atoms with Crippen LogP contribution in [0.3, 0.4) is 0 Å². The first-order chi connectivity index (χ1) is 9.11. The number of aromatic nitrogens is 2. The van der Waals surface area contributed by atoms with E-state index >= 15 is 0 Å². The fourth-order valence-electron chi connectivity index (χ4n) is 1.99. The molecule has 0 radical (unpaired) electrons. The van der Waals surface area contributed by atoms with Gasteiger partial charge in [0.05, 0.1) is 12.8 Å². The normalized spacial score (nSPS) is 12.4. The number of ether oxygens (including phenoxy) is 1. The third-order valence-corrected chi connectivity index (χ3v) is 3.41. The Morgan fingerprint density at radius 2 is 2.21 bits per heavy atom. The van der Waals surface area contributed by atoms with E-state index in [1.807, 2.05) is 36.0 Å². The molecule has 19 heavy (non-hydrogen) atoms. The zero-order chi connectivity index (χ0) is 13.8. The quantitative estimate of drug-likeness (QED) is 0.915. The topological polar surface area (TPSA) is 39.1 Å². The van der Waals surface area contributed by atoms with Gasteiger partial charge in [-0.05, 0) is 31.2 Å². The first-order valence-corrected chi connectivity index (χ1v) is 6.53. The fourth-order valence-corrected chi connectivity index (χ4v) is 2.17. The largest absolute Gasteiger partial charge is 0.496 e. The van der Waals surface area contributed by atoms with Crippen molar-refractivity contribution in [1.82, 2.24) is 15.1 Å². The minimum Gasteiger partial charge on any atom is -0.496 e. The van der Waals surface area contributed by atoms with Crippen LogP contribution in [0.1, 0.15) is 24.2 Å². The summed E-state index contributed by atoms with van der Waals surface area (Å²) >= 11 is 6.05. The van der Waals surface area contributed by atoms with Crippen LogP contribution in [0.2, 0.25) is 5.02 Å². The number of aryl methyl sites for hydroxylation is 1. The first-order valence-electron chi connectivity index (χ1n) is 6.15. The highest BCUT2D eigenvalue weighted by Gasteiger charge is 2.12. The average Bonchev–Trinajstić information content (AvgIpc) is 2.81. The number of nitrogens with zero attached hydrogens (tertiary/aromatic N) is 2. The molecule has 0 aliphatic heterocycles. The standard InChI is InChI=1S/C14H18ClN3O/c1-10(16-9-12-6-7-17-18(12)2)13-8-11(15)4-5-14(13)19-3/h4-8,10,16H,9H2,1-3H3/t10-/m1/s1. The molecule has 0 saturated carbocycles. The number of hydrogen-bond acceptors (Lipinski definition) is 3. The van der Waals surface area contributed by atoms with Crippen LogP contribution >= 0.6 is 11.6 Å². The van der Waals surface area contributed by atoms with Crippen molar-refractivity contribution in [2.24, 2.45) is 7.05 Å². The lowest BCUT2D eigenvalue weighted by Crippen LogP contribution is -2.20. The molecule has 4 nitrogen and oxygen atoms in total. The highest BCUT2D eigenvalue weighted by atomic mass is 35.5. The Labute approximate surface area is 118 Å². The lowest BCUT2D eigenvalue weighted by atomic mass is 10.1. The van der Waals surface area contributed by atoms with E-state index in [9.17, 15) is 0 Å². The third kappa shape index (κ3) is 3.28. The van der Waals surface area contributed by atoms with E-state index < -0.39 is 0 Å². The molecule has 2 aromatic rings. The van der Waals surface area contributed by atoms with Crippen molar-refractivity contribution in [2.75, 3.05) is 7.11 Å². The maximum Gasteiger partial charge on any atom is 0.123 e. The molecule has 0 aliphatic rings. The summed E-state index contributed by atoms with van der Waals surface area (Å²) in [6, 6.07) is 7.79. The van der Waals surface area contributed by atoms with E-state index in [1.165, 1.54) is 0 Å². The molecule has 5 heteroatoms. The highest BCUT2D eigenvalue weighted by Crippen LogP contribution is 2.28. The van der Waals surface area contributed by atoms with Crippen LogP contribution in [-0.2, 0) is 13.6 Å². The van der Waals surface area contributed by atoms with Crippen molar-refractivity contribution in [3.8, 4) is 5.75 Å². The van der Waals surface area contributed by atoms with Gasteiger partial charge < -0.3 is 10.1 Å². The summed E-state index contributed by atoms with van der Waals surface area (Å²) in [5.41, 5.74) is 2.19. The molecule has 0 saturated heterocycles. The minimum atomic E-state index is 0.142. The van der Waals surface area contributed by atoms with Crippen LogP contribution in [-0.4, -0.2) is 16.9 Å². The molecular formula is C14H18ClN3O. The van der Waals surface area contributed by atoms with Crippen molar-refractivity contribution in [3.63, 3.8) is 0 Å². The van der Waals surface area contributed by atoms with Gasteiger partial charge in [0.2, 0.25) is 0 Å². The fraction of sp³-hybridized carbons (Fsp3) is 0.357. The summed E-state index contributed by atoms with van der Waals surface area (Å²) in [5.74, 6) is 0.842. The van der Waals surface area contributed by atoms with Crippen molar-refractivity contribution in [3.05, 3.63) is 46.7 Å². The summed E-state index contributed by atoms with van der Waals surface area (Å²) in [5, 5.41) is 8.30. The van der Waals surface area contributed by atoms with Crippen molar-refractivity contribution >= 4 is 11.6 Å². The maximum atomic E-state index is 6.05. The van der Waals surface area contributed by atoms with Gasteiger partial charge in [-0.25, -0.2) is 0 Å². The molecule has 1 aromatic heterocycles. The zero-order valence-electron chi connectivity index (χ0n) is 11.4. The molecule has 0 amide bonds. The van der Waals surface area contributed by atoms with Crippen LogP contribution in [0.4, 0.5) is 0 Å². The van der Waals surface area contributed by atoms with Crippen LogP contribution in [0.15, 0.2) is 30.5 Å². The summed E-state index contributed by atoms with van der Waals surface area (Å²) in [7, 11) is 3.60. The lowest BCUT2D eigenvalue weighted by Gasteiger charge is -2.17. The van der Waals surface area contributed by atoms with Gasteiger partial charge in [-0.2, -0.15) is 5.10 Å². The predicted molar refractivity (Wildman–Crippen MR) is 76.5 cm³/mol. The summed E-state index contributed by atoms with van der Waals surface area (Å²) in [6.07, 6.45) is 1.79. The summed E-state index contributed by atoms with van der Waals surface area (Å²) in [4.78, 5) is 0. The molecule has 102 valence electrons. The van der Waals surface area contributed by atoms with Crippen LogP contribution in [0, 0.1) is 0 Å². The molecule has 0 fully saturated rings. The van der Waals surface area contributed by atoms with Gasteiger partial charge in [0.15, 0.2) is 0 Å². The molecular weight excluding hydrogens is 262 g/mol. The molecule has 2 rings (SSSR count). The molecule has 0 unspecified atom stereocenters. The number of hydrogen-bond donors (Lipinski definition) is 1. The van der Waals surface area contributed by atoms with E-state index in [-0.39, 0.29) is 6.04 Å². The number of methoxy groups -OCH3 is 1. The van der Waals surface area contributed by atoms with E-state index in [1.54, 1.807) is 13.3 Å². The maximum absolute atomic E-state index is 6.05. The van der Waals surface area contributed by atoms with Crippen LogP contribution in [0.5, 0.6) is 5.75 Å². The zero-order valence-corrected chi connectivity index (χ0v) is 12.1. The Hall–Kier alpha value is -1.52. The molecule has 0 spiro atoms. The van der Waals surface area contributed by atoms with Gasteiger partial charge in [-0.15, -0.1) is 0 Å². The van der Waals surface area contributed by atoms with Crippen molar-refractivity contribution in [1.29, 1.82) is 0 Å². The Balaban J connectivity index is 2.09. The SMILES string of the molecule is COc1ccc(Cl)cc1[C@@H](C)NCc1ccnn1C. The van der Waals surface area contributed by atoms with E-state index in [2.05, 4.69) is 17.3 Å². The van der Waals surface area contributed by atoms with Gasteiger partial charge >= 0.3 is 0 Å². The number of halogens is 1. The Kier molecular flexibility index (Phi) is 4.45. The number of benzene rings is 1. The average molecular weight is 280 g/mol. The first kappa shape index (κ1) is 13.9. The molecule has 0 aliphatic carbocycles. The molecule has 1 aromatic carbocycles. The smallest absolute Gasteiger partial charge is 0.123 e. The molecule has 1 atom stereocenters. The highest BCUT2D eigenvalue weighted by molar-refractivity contribution is 6.30. The lowest BCUT2D eigenvalue weighted by molar-refractivity contribution is 0.401. The molecule has 0 bridgehead atoms. The van der Waals surface area contributed by atoms with Crippen molar-refractivity contribution in [2.45, 2.75) is 19.5 Å². The predicted octanol–water partition coefficient (Wildman–Crippen LogP) is 2.93. The third-order valence-electron chi connectivity index (χ3n) is 3.17. The van der Waals surface area contributed by atoms with E-state index in [0.29, 0.717) is 5.02 Å². The Morgan fingerprint density at radius 1 is 1.42 bits per heavy atom. The van der Waals surface area contributed by atoms with Gasteiger partial charge in [-0.3, -0.25) is 4.68 Å². The van der Waals surface area contributed by atoms with Gasteiger partial charge in [0.25, 0.3) is 0 Å². The Morgan fingerprint density at radius 3 is 2.84 bits per heavy atom. The Bertz CT molecular complexity index is 553.